The number of rotatable bonds is 5. The smallest absolute Gasteiger partial charge is 0.254 e. The van der Waals surface area contributed by atoms with Gasteiger partial charge in [0.05, 0.1) is 12.6 Å². The second-order valence-corrected chi connectivity index (χ2v) is 7.56. The van der Waals surface area contributed by atoms with Crippen molar-refractivity contribution in [2.24, 2.45) is 0 Å². The first-order chi connectivity index (χ1) is 12.4. The zero-order chi connectivity index (χ0) is 18.9. The van der Waals surface area contributed by atoms with Crippen LogP contribution in [0.4, 0.5) is 0 Å². The largest absolute Gasteiger partial charge is 0.496 e. The van der Waals surface area contributed by atoms with Gasteiger partial charge in [-0.3, -0.25) is 4.79 Å². The molecule has 0 saturated carbocycles. The molecule has 0 bridgehead atoms. The molecule has 0 aliphatic carbocycles. The van der Waals surface area contributed by atoms with Crippen molar-refractivity contribution in [3.05, 3.63) is 64.2 Å². The van der Waals surface area contributed by atoms with Gasteiger partial charge in [0.2, 0.25) is 0 Å². The van der Waals surface area contributed by atoms with Gasteiger partial charge >= 0.3 is 0 Å². The van der Waals surface area contributed by atoms with Gasteiger partial charge in [-0.2, -0.15) is 0 Å². The molecule has 1 unspecified atom stereocenters. The van der Waals surface area contributed by atoms with E-state index in [9.17, 15) is 4.79 Å². The van der Waals surface area contributed by atoms with E-state index in [1.807, 2.05) is 54.4 Å². The van der Waals surface area contributed by atoms with Crippen LogP contribution < -0.4 is 4.74 Å². The van der Waals surface area contributed by atoms with Crippen LogP contribution >= 0.6 is 24.0 Å². The second-order valence-electron chi connectivity index (χ2n) is 7.12. The van der Waals surface area contributed by atoms with Gasteiger partial charge in [-0.05, 0) is 50.3 Å². The van der Waals surface area contributed by atoms with Crippen molar-refractivity contribution in [2.45, 2.75) is 18.4 Å². The molecule has 0 radical (unpaired) electrons. The third kappa shape index (κ3) is 3.93. The number of methoxy groups -OCH3 is 1. The summed E-state index contributed by atoms with van der Waals surface area (Å²) in [6.45, 7) is 0.866. The molecule has 27 heavy (non-hydrogen) atoms. The first kappa shape index (κ1) is 21.5. The summed E-state index contributed by atoms with van der Waals surface area (Å²) in [4.78, 5) is 17.3. The van der Waals surface area contributed by atoms with E-state index in [0.717, 1.165) is 35.4 Å². The summed E-state index contributed by atoms with van der Waals surface area (Å²) in [5, 5.41) is 0.694. The maximum atomic E-state index is 13.2. The molecular weight excluding hydrogens is 383 g/mol. The molecule has 0 aromatic heterocycles. The van der Waals surface area contributed by atoms with Gasteiger partial charge < -0.3 is 14.5 Å². The van der Waals surface area contributed by atoms with Crippen molar-refractivity contribution in [3.8, 4) is 5.75 Å². The number of carbonyl (C=O) groups is 1. The average Bonchev–Trinajstić information content (AvgIpc) is 2.63. The Morgan fingerprint density at radius 3 is 2.44 bits per heavy atom. The molecule has 1 heterocycles. The monoisotopic (exact) mass is 408 g/mol. The highest BCUT2D eigenvalue weighted by Crippen LogP contribution is 2.43. The van der Waals surface area contributed by atoms with Crippen LogP contribution in [0.5, 0.6) is 5.75 Å². The molecular formula is C21H26Cl2N2O2. The van der Waals surface area contributed by atoms with Crippen molar-refractivity contribution in [3.63, 3.8) is 0 Å². The Balaban J connectivity index is 0.00000261. The molecule has 1 atom stereocenters. The predicted octanol–water partition coefficient (Wildman–Crippen LogP) is 4.25. The van der Waals surface area contributed by atoms with Gasteiger partial charge in [0.15, 0.2) is 0 Å². The third-order valence-electron chi connectivity index (χ3n) is 5.35. The molecule has 0 spiro atoms. The summed E-state index contributed by atoms with van der Waals surface area (Å²) in [5.41, 5.74) is 2.36. The lowest BCUT2D eigenvalue weighted by molar-refractivity contribution is 0.0450. The molecule has 146 valence electrons. The van der Waals surface area contributed by atoms with Crippen LogP contribution in [0.15, 0.2) is 42.5 Å². The lowest BCUT2D eigenvalue weighted by atomic mass is 9.75. The number of likely N-dealkylation sites (N-methyl/N-ethyl adjacent to an activating group) is 1. The number of fused-ring (bicyclic) bond motifs is 1. The summed E-state index contributed by atoms with van der Waals surface area (Å²) in [5.74, 6) is 0.797. The van der Waals surface area contributed by atoms with Crippen molar-refractivity contribution in [2.75, 3.05) is 34.8 Å². The summed E-state index contributed by atoms with van der Waals surface area (Å²) in [6, 6.07) is 13.5. The van der Waals surface area contributed by atoms with Gasteiger partial charge in [-0.25, -0.2) is 0 Å². The molecule has 6 heteroatoms. The van der Waals surface area contributed by atoms with Gasteiger partial charge in [-0.15, -0.1) is 12.4 Å². The minimum absolute atomic E-state index is 0. The number of nitrogens with zero attached hydrogens (tertiary/aromatic N) is 2. The Morgan fingerprint density at radius 1 is 1.19 bits per heavy atom. The Labute approximate surface area is 172 Å². The molecule has 1 aliphatic heterocycles. The summed E-state index contributed by atoms with van der Waals surface area (Å²) in [6.07, 6.45) is 1.53. The predicted molar refractivity (Wildman–Crippen MR) is 112 cm³/mol. The number of hydrogen-bond donors (Lipinski definition) is 0. The highest BCUT2D eigenvalue weighted by molar-refractivity contribution is 6.30. The van der Waals surface area contributed by atoms with E-state index in [1.54, 1.807) is 7.11 Å². The van der Waals surface area contributed by atoms with Crippen LogP contribution in [-0.2, 0) is 12.0 Å². The van der Waals surface area contributed by atoms with Crippen LogP contribution in [0.2, 0.25) is 5.02 Å². The van der Waals surface area contributed by atoms with Crippen LogP contribution in [0.3, 0.4) is 0 Å². The number of ether oxygens (including phenoxy) is 1. The Kier molecular flexibility index (Phi) is 6.79. The Hall–Kier alpha value is -1.75. The van der Waals surface area contributed by atoms with E-state index < -0.39 is 5.54 Å². The van der Waals surface area contributed by atoms with E-state index >= 15 is 0 Å². The van der Waals surface area contributed by atoms with E-state index in [1.165, 1.54) is 0 Å². The molecule has 2 aromatic rings. The number of carbonyl (C=O) groups excluding carboxylic acids is 1. The highest BCUT2D eigenvalue weighted by Gasteiger charge is 2.45. The van der Waals surface area contributed by atoms with Crippen LogP contribution in [-0.4, -0.2) is 50.5 Å². The number of halogens is 2. The van der Waals surface area contributed by atoms with Gasteiger partial charge in [0.1, 0.15) is 5.75 Å². The maximum Gasteiger partial charge on any atom is 0.254 e. The quantitative estimate of drug-likeness (QED) is 0.741. The van der Waals surface area contributed by atoms with Gasteiger partial charge in [0, 0.05) is 36.2 Å². The van der Waals surface area contributed by atoms with Crippen molar-refractivity contribution < 1.29 is 9.53 Å². The molecule has 1 aliphatic rings. The third-order valence-corrected chi connectivity index (χ3v) is 5.61. The van der Waals surface area contributed by atoms with E-state index in [2.05, 4.69) is 19.0 Å². The fraction of sp³-hybridized carbons (Fsp3) is 0.381. The van der Waals surface area contributed by atoms with Crippen LogP contribution in [0, 0.1) is 0 Å². The zero-order valence-corrected chi connectivity index (χ0v) is 17.7. The Morgan fingerprint density at radius 2 is 1.85 bits per heavy atom. The average molecular weight is 409 g/mol. The lowest BCUT2D eigenvalue weighted by Crippen LogP contribution is -2.53. The topological polar surface area (TPSA) is 32.8 Å². The van der Waals surface area contributed by atoms with Gasteiger partial charge in [-0.1, -0.05) is 29.8 Å². The SMILES string of the molecule is COc1cccc2c1CC(CCN(C)C)(c1ccc(Cl)cc1)N(C)C2=O.Cl. The maximum absolute atomic E-state index is 13.2. The zero-order valence-electron chi connectivity index (χ0n) is 16.2. The fourth-order valence-corrected chi connectivity index (χ4v) is 3.92. The molecule has 1 amide bonds. The summed E-state index contributed by atoms with van der Waals surface area (Å²) < 4.78 is 5.57. The van der Waals surface area contributed by atoms with Crippen molar-refractivity contribution >= 4 is 29.9 Å². The normalized spacial score (nSPS) is 18.9. The Bertz CT molecular complexity index is 808. The minimum Gasteiger partial charge on any atom is -0.496 e. The summed E-state index contributed by atoms with van der Waals surface area (Å²) in [7, 11) is 7.65. The first-order valence-electron chi connectivity index (χ1n) is 8.74. The van der Waals surface area contributed by atoms with Gasteiger partial charge in [0.25, 0.3) is 5.91 Å². The summed E-state index contributed by atoms with van der Waals surface area (Å²) >= 11 is 6.11. The fourth-order valence-electron chi connectivity index (χ4n) is 3.79. The number of hydrogen-bond acceptors (Lipinski definition) is 3. The molecule has 2 aromatic carbocycles. The van der Waals surface area contributed by atoms with E-state index in [-0.39, 0.29) is 18.3 Å². The van der Waals surface area contributed by atoms with E-state index in [4.69, 9.17) is 16.3 Å². The minimum atomic E-state index is -0.437. The number of benzene rings is 2. The van der Waals surface area contributed by atoms with Crippen LogP contribution in [0.25, 0.3) is 0 Å². The van der Waals surface area contributed by atoms with Crippen molar-refractivity contribution in [1.29, 1.82) is 0 Å². The van der Waals surface area contributed by atoms with Crippen LogP contribution in [0.1, 0.15) is 27.9 Å². The highest BCUT2D eigenvalue weighted by atomic mass is 35.5. The lowest BCUT2D eigenvalue weighted by Gasteiger charge is -2.47. The molecule has 0 fully saturated rings. The molecule has 3 rings (SSSR count). The van der Waals surface area contributed by atoms with Crippen molar-refractivity contribution in [1.82, 2.24) is 9.80 Å². The molecule has 0 N–H and O–H groups in total. The van der Waals surface area contributed by atoms with E-state index in [0.29, 0.717) is 11.4 Å². The molecule has 0 saturated heterocycles. The standard InChI is InChI=1S/C21H25ClN2O2.ClH/c1-23(2)13-12-21(15-8-10-16(22)11-9-15)14-18-17(20(25)24(21)3)6-5-7-19(18)26-4;/h5-11H,12-14H2,1-4H3;1H. The number of amides is 1. The second kappa shape index (κ2) is 8.51. The molecule has 4 nitrogen and oxygen atoms in total. The first-order valence-corrected chi connectivity index (χ1v) is 9.11.